The van der Waals surface area contributed by atoms with Gasteiger partial charge in [0.15, 0.2) is 0 Å². The summed E-state index contributed by atoms with van der Waals surface area (Å²) in [4.78, 5) is 0. The van der Waals surface area contributed by atoms with E-state index >= 15 is 0 Å². The number of ether oxygens (including phenoxy) is 2. The van der Waals surface area contributed by atoms with Crippen LogP contribution >= 0.6 is 0 Å². The maximum Gasteiger partial charge on any atom is 0.0718 e. The van der Waals surface area contributed by atoms with Crippen molar-refractivity contribution in [3.05, 3.63) is 35.4 Å². The summed E-state index contributed by atoms with van der Waals surface area (Å²) in [5.41, 5.74) is 2.54. The topological polar surface area (TPSA) is 30.5 Å². The van der Waals surface area contributed by atoms with Gasteiger partial charge in [-0.3, -0.25) is 0 Å². The second kappa shape index (κ2) is 11.0. The van der Waals surface area contributed by atoms with Crippen molar-refractivity contribution < 1.29 is 9.47 Å². The van der Waals surface area contributed by atoms with Crippen LogP contribution in [0.5, 0.6) is 0 Å². The van der Waals surface area contributed by atoms with Gasteiger partial charge in [0.25, 0.3) is 0 Å². The fourth-order valence-electron chi connectivity index (χ4n) is 1.79. The molecule has 0 fully saturated rings. The van der Waals surface area contributed by atoms with Crippen LogP contribution in [0.15, 0.2) is 24.3 Å². The number of hydrogen-bond acceptors (Lipinski definition) is 3. The molecule has 0 amide bonds. The average molecular weight is 265 g/mol. The van der Waals surface area contributed by atoms with Crippen LogP contribution in [0.4, 0.5) is 0 Å². The molecule has 0 aliphatic carbocycles. The monoisotopic (exact) mass is 265 g/mol. The molecule has 0 aromatic heterocycles. The molecule has 1 aromatic carbocycles. The van der Waals surface area contributed by atoms with Crippen LogP contribution in [0.3, 0.4) is 0 Å². The van der Waals surface area contributed by atoms with Gasteiger partial charge in [-0.05, 0) is 30.5 Å². The van der Waals surface area contributed by atoms with E-state index in [-0.39, 0.29) is 0 Å². The quantitative estimate of drug-likeness (QED) is 0.624. The lowest BCUT2D eigenvalue weighted by Gasteiger charge is -2.08. The standard InChI is InChI=1S/C16H27NO2/c1-3-8-17-13-15-6-5-7-16(12-15)14-19-11-10-18-9-4-2/h5-7,12,17H,3-4,8-11,13-14H2,1-2H3. The highest BCUT2D eigenvalue weighted by atomic mass is 16.5. The molecule has 0 bridgehead atoms. The Morgan fingerprint density at radius 1 is 0.947 bits per heavy atom. The third kappa shape index (κ3) is 7.98. The predicted molar refractivity (Wildman–Crippen MR) is 79.2 cm³/mol. The van der Waals surface area contributed by atoms with E-state index in [4.69, 9.17) is 9.47 Å². The van der Waals surface area contributed by atoms with E-state index in [1.54, 1.807) is 0 Å². The van der Waals surface area contributed by atoms with Gasteiger partial charge in [0.1, 0.15) is 0 Å². The molecule has 0 spiro atoms. The first kappa shape index (κ1) is 16.2. The lowest BCUT2D eigenvalue weighted by molar-refractivity contribution is 0.0408. The van der Waals surface area contributed by atoms with Gasteiger partial charge in [0, 0.05) is 13.2 Å². The van der Waals surface area contributed by atoms with Crippen molar-refractivity contribution in [2.24, 2.45) is 0 Å². The molecule has 0 radical (unpaired) electrons. The molecular formula is C16H27NO2. The van der Waals surface area contributed by atoms with Crippen LogP contribution < -0.4 is 5.32 Å². The largest absolute Gasteiger partial charge is 0.379 e. The van der Waals surface area contributed by atoms with Gasteiger partial charge in [0.2, 0.25) is 0 Å². The third-order valence-electron chi connectivity index (χ3n) is 2.74. The van der Waals surface area contributed by atoms with Crippen LogP contribution in [-0.4, -0.2) is 26.4 Å². The van der Waals surface area contributed by atoms with E-state index in [1.807, 2.05) is 0 Å². The van der Waals surface area contributed by atoms with Crippen molar-refractivity contribution in [2.45, 2.75) is 39.8 Å². The lowest BCUT2D eigenvalue weighted by atomic mass is 10.1. The number of rotatable bonds is 11. The first-order valence-electron chi connectivity index (χ1n) is 7.30. The minimum atomic E-state index is 0.664. The number of benzene rings is 1. The summed E-state index contributed by atoms with van der Waals surface area (Å²) in [6, 6.07) is 8.55. The van der Waals surface area contributed by atoms with Crippen molar-refractivity contribution in [3.63, 3.8) is 0 Å². The van der Waals surface area contributed by atoms with Gasteiger partial charge >= 0.3 is 0 Å². The molecule has 3 heteroatoms. The SMILES string of the molecule is CCCNCc1cccc(COCCOCCC)c1. The smallest absolute Gasteiger partial charge is 0.0718 e. The molecule has 0 atom stereocenters. The van der Waals surface area contributed by atoms with Crippen LogP contribution in [0, 0.1) is 0 Å². The van der Waals surface area contributed by atoms with E-state index in [9.17, 15) is 0 Å². The van der Waals surface area contributed by atoms with Crippen molar-refractivity contribution in [1.29, 1.82) is 0 Å². The van der Waals surface area contributed by atoms with Crippen LogP contribution in [0.1, 0.15) is 37.8 Å². The molecule has 0 saturated carbocycles. The Bertz CT molecular complexity index is 328. The zero-order valence-corrected chi connectivity index (χ0v) is 12.3. The summed E-state index contributed by atoms with van der Waals surface area (Å²) in [5.74, 6) is 0. The van der Waals surface area contributed by atoms with Gasteiger partial charge < -0.3 is 14.8 Å². The molecule has 0 unspecified atom stereocenters. The summed E-state index contributed by atoms with van der Waals surface area (Å²) in [5, 5.41) is 3.41. The Morgan fingerprint density at radius 2 is 1.74 bits per heavy atom. The molecule has 3 nitrogen and oxygen atoms in total. The molecule has 1 N–H and O–H groups in total. The van der Waals surface area contributed by atoms with Crippen molar-refractivity contribution >= 4 is 0 Å². The Morgan fingerprint density at radius 3 is 2.53 bits per heavy atom. The zero-order valence-electron chi connectivity index (χ0n) is 12.3. The third-order valence-corrected chi connectivity index (χ3v) is 2.74. The maximum atomic E-state index is 5.60. The minimum absolute atomic E-state index is 0.664. The lowest BCUT2D eigenvalue weighted by Crippen LogP contribution is -2.13. The average Bonchev–Trinajstić information content (AvgIpc) is 2.43. The Balaban J connectivity index is 2.20. The highest BCUT2D eigenvalue weighted by molar-refractivity contribution is 5.22. The normalized spacial score (nSPS) is 10.8. The van der Waals surface area contributed by atoms with Gasteiger partial charge in [0.05, 0.1) is 19.8 Å². The molecule has 108 valence electrons. The minimum Gasteiger partial charge on any atom is -0.379 e. The summed E-state index contributed by atoms with van der Waals surface area (Å²) < 4.78 is 11.0. The van der Waals surface area contributed by atoms with Gasteiger partial charge in [-0.25, -0.2) is 0 Å². The van der Waals surface area contributed by atoms with E-state index in [0.29, 0.717) is 19.8 Å². The first-order chi connectivity index (χ1) is 9.36. The molecule has 0 heterocycles. The molecule has 1 aromatic rings. The Hall–Kier alpha value is -0.900. The fraction of sp³-hybridized carbons (Fsp3) is 0.625. The highest BCUT2D eigenvalue weighted by Crippen LogP contribution is 2.06. The maximum absolute atomic E-state index is 5.60. The Kier molecular flexibility index (Phi) is 9.33. The van der Waals surface area contributed by atoms with E-state index in [2.05, 4.69) is 43.4 Å². The Labute approximate surface area is 117 Å². The highest BCUT2D eigenvalue weighted by Gasteiger charge is 1.97. The summed E-state index contributed by atoms with van der Waals surface area (Å²) in [6.45, 7) is 9.12. The summed E-state index contributed by atoms with van der Waals surface area (Å²) in [7, 11) is 0. The molecule has 0 aliphatic heterocycles. The molecule has 19 heavy (non-hydrogen) atoms. The van der Waals surface area contributed by atoms with Crippen LogP contribution in [0.25, 0.3) is 0 Å². The van der Waals surface area contributed by atoms with Crippen molar-refractivity contribution in [3.8, 4) is 0 Å². The predicted octanol–water partition coefficient (Wildman–Crippen LogP) is 3.13. The molecule has 1 rings (SSSR count). The molecule has 0 saturated heterocycles. The summed E-state index contributed by atoms with van der Waals surface area (Å²) in [6.07, 6.45) is 2.23. The number of nitrogens with one attached hydrogen (secondary N) is 1. The summed E-state index contributed by atoms with van der Waals surface area (Å²) >= 11 is 0. The van der Waals surface area contributed by atoms with Gasteiger partial charge in [-0.1, -0.05) is 38.1 Å². The zero-order chi connectivity index (χ0) is 13.8. The second-order valence-electron chi connectivity index (χ2n) is 4.66. The van der Waals surface area contributed by atoms with Gasteiger partial charge in [-0.2, -0.15) is 0 Å². The number of hydrogen-bond donors (Lipinski definition) is 1. The van der Waals surface area contributed by atoms with Crippen molar-refractivity contribution in [1.82, 2.24) is 5.32 Å². The van der Waals surface area contributed by atoms with E-state index in [0.717, 1.165) is 26.1 Å². The van der Waals surface area contributed by atoms with E-state index < -0.39 is 0 Å². The van der Waals surface area contributed by atoms with Crippen molar-refractivity contribution in [2.75, 3.05) is 26.4 Å². The molecular weight excluding hydrogens is 238 g/mol. The fourth-order valence-corrected chi connectivity index (χ4v) is 1.79. The van der Waals surface area contributed by atoms with E-state index in [1.165, 1.54) is 17.5 Å². The first-order valence-corrected chi connectivity index (χ1v) is 7.30. The molecule has 0 aliphatic rings. The van der Waals surface area contributed by atoms with Crippen LogP contribution in [-0.2, 0) is 22.6 Å². The van der Waals surface area contributed by atoms with Crippen LogP contribution in [0.2, 0.25) is 0 Å². The second-order valence-corrected chi connectivity index (χ2v) is 4.66. The van der Waals surface area contributed by atoms with Gasteiger partial charge in [-0.15, -0.1) is 0 Å².